The van der Waals surface area contributed by atoms with Crippen LogP contribution in [0.25, 0.3) is 10.8 Å². The van der Waals surface area contributed by atoms with Crippen molar-refractivity contribution in [2.24, 2.45) is 11.7 Å². The topological polar surface area (TPSA) is 116 Å². The molecule has 1 aliphatic rings. The third-order valence-electron chi connectivity index (χ3n) is 6.99. The van der Waals surface area contributed by atoms with Crippen LogP contribution in [0.5, 0.6) is 0 Å². The molecule has 35 heavy (non-hydrogen) atoms. The number of nitrogens with two attached hydrogens (primary N) is 1. The van der Waals surface area contributed by atoms with Crippen molar-refractivity contribution < 1.29 is 19.5 Å². The van der Waals surface area contributed by atoms with E-state index >= 15 is 0 Å². The van der Waals surface area contributed by atoms with Crippen LogP contribution in [0.2, 0.25) is 0 Å². The van der Waals surface area contributed by atoms with Gasteiger partial charge in [0.2, 0.25) is 18.2 Å². The molecule has 2 aromatic carbocycles. The lowest BCUT2D eigenvalue weighted by Gasteiger charge is -2.38. The van der Waals surface area contributed by atoms with E-state index in [0.717, 1.165) is 35.6 Å². The second kappa shape index (κ2) is 12.7. The summed E-state index contributed by atoms with van der Waals surface area (Å²) in [4.78, 5) is 42.3. The smallest absolute Gasteiger partial charge is 0.243 e. The van der Waals surface area contributed by atoms with Crippen molar-refractivity contribution in [2.75, 3.05) is 19.6 Å². The van der Waals surface area contributed by atoms with Crippen LogP contribution < -0.4 is 11.1 Å². The molecule has 0 saturated carbocycles. The normalized spacial score (nSPS) is 17.4. The number of carbonyl (C=O) groups excluding carboxylic acids is 3. The summed E-state index contributed by atoms with van der Waals surface area (Å²) in [5.41, 5.74) is 6.40. The van der Waals surface area contributed by atoms with Gasteiger partial charge in [-0.05, 0) is 42.0 Å². The summed E-state index contributed by atoms with van der Waals surface area (Å²) in [5, 5.41) is 14.7. The Labute approximate surface area is 207 Å². The monoisotopic (exact) mass is 482 g/mol. The third-order valence-corrected chi connectivity index (χ3v) is 6.99. The van der Waals surface area contributed by atoms with Crippen molar-refractivity contribution in [1.82, 2.24) is 15.1 Å². The summed E-state index contributed by atoms with van der Waals surface area (Å²) >= 11 is 0. The number of rotatable bonds is 12. The SMILES string of the molecule is CCC(CC)C(=O)N1CCCC1N(C=O)[C@H](Cc1ccc2ccccc2c1)C(=O)NCC(O)CN. The highest BCUT2D eigenvalue weighted by Gasteiger charge is 2.39. The van der Waals surface area contributed by atoms with E-state index in [1.165, 1.54) is 4.90 Å². The molecule has 3 atom stereocenters. The molecule has 3 amide bonds. The van der Waals surface area contributed by atoms with Crippen molar-refractivity contribution in [1.29, 1.82) is 0 Å². The molecule has 1 aliphatic heterocycles. The summed E-state index contributed by atoms with van der Waals surface area (Å²) in [7, 11) is 0. The van der Waals surface area contributed by atoms with Crippen LogP contribution >= 0.6 is 0 Å². The molecule has 0 radical (unpaired) electrons. The number of amides is 3. The first-order valence-electron chi connectivity index (χ1n) is 12.6. The molecule has 1 fully saturated rings. The van der Waals surface area contributed by atoms with Gasteiger partial charge < -0.3 is 26.0 Å². The largest absolute Gasteiger partial charge is 0.390 e. The predicted octanol–water partition coefficient (Wildman–Crippen LogP) is 2.03. The highest BCUT2D eigenvalue weighted by atomic mass is 16.3. The number of hydrogen-bond donors (Lipinski definition) is 3. The molecule has 0 spiro atoms. The molecule has 190 valence electrons. The fraction of sp³-hybridized carbons (Fsp3) is 0.519. The zero-order valence-electron chi connectivity index (χ0n) is 20.7. The van der Waals surface area contributed by atoms with E-state index in [-0.39, 0.29) is 37.2 Å². The van der Waals surface area contributed by atoms with E-state index in [1.807, 2.05) is 56.3 Å². The molecule has 0 aromatic heterocycles. The molecule has 2 aromatic rings. The number of benzene rings is 2. The van der Waals surface area contributed by atoms with Crippen LogP contribution in [0.15, 0.2) is 42.5 Å². The number of aliphatic hydroxyl groups is 1. The number of fused-ring (bicyclic) bond motifs is 1. The van der Waals surface area contributed by atoms with Crippen LogP contribution in [0.4, 0.5) is 0 Å². The summed E-state index contributed by atoms with van der Waals surface area (Å²) in [6.45, 7) is 4.58. The minimum Gasteiger partial charge on any atom is -0.390 e. The molecule has 2 unspecified atom stereocenters. The third kappa shape index (κ3) is 6.38. The second-order valence-corrected chi connectivity index (χ2v) is 9.26. The minimum absolute atomic E-state index is 0.00267. The van der Waals surface area contributed by atoms with Crippen molar-refractivity contribution >= 4 is 29.0 Å². The lowest BCUT2D eigenvalue weighted by molar-refractivity contribution is -0.147. The first-order valence-corrected chi connectivity index (χ1v) is 12.6. The zero-order valence-corrected chi connectivity index (χ0v) is 20.7. The molecule has 3 rings (SSSR count). The van der Waals surface area contributed by atoms with Gasteiger partial charge in [0.15, 0.2) is 0 Å². The first-order chi connectivity index (χ1) is 16.9. The maximum atomic E-state index is 13.3. The van der Waals surface area contributed by atoms with E-state index in [9.17, 15) is 19.5 Å². The lowest BCUT2D eigenvalue weighted by Crippen LogP contribution is -2.57. The van der Waals surface area contributed by atoms with E-state index < -0.39 is 18.3 Å². The molecule has 0 bridgehead atoms. The average molecular weight is 483 g/mol. The Morgan fingerprint density at radius 3 is 2.57 bits per heavy atom. The van der Waals surface area contributed by atoms with Gasteiger partial charge in [-0.25, -0.2) is 0 Å². The molecular formula is C27H38N4O4. The van der Waals surface area contributed by atoms with Gasteiger partial charge in [0.1, 0.15) is 12.2 Å². The van der Waals surface area contributed by atoms with Crippen LogP contribution in [0.3, 0.4) is 0 Å². The molecule has 1 saturated heterocycles. The predicted molar refractivity (Wildman–Crippen MR) is 136 cm³/mol. The number of carbonyl (C=O) groups is 3. The number of nitrogens with one attached hydrogen (secondary N) is 1. The molecular weight excluding hydrogens is 444 g/mol. The molecule has 8 heteroatoms. The van der Waals surface area contributed by atoms with Crippen molar-refractivity contribution in [3.8, 4) is 0 Å². The minimum atomic E-state index is -0.871. The van der Waals surface area contributed by atoms with Gasteiger partial charge in [-0.1, -0.05) is 56.3 Å². The Morgan fingerprint density at radius 1 is 1.20 bits per heavy atom. The summed E-state index contributed by atoms with van der Waals surface area (Å²) in [6.07, 6.45) is 2.50. The highest BCUT2D eigenvalue weighted by molar-refractivity contribution is 5.86. The zero-order chi connectivity index (χ0) is 25.4. The number of likely N-dealkylation sites (tertiary alicyclic amines) is 1. The molecule has 4 N–H and O–H groups in total. The Morgan fingerprint density at radius 2 is 1.91 bits per heavy atom. The van der Waals surface area contributed by atoms with Gasteiger partial charge >= 0.3 is 0 Å². The standard InChI is InChI=1S/C27H38N4O4/c1-3-20(4-2)27(35)30-13-7-10-25(30)31(18-32)24(26(34)29-17-23(33)16-28)15-19-11-12-21-8-5-6-9-22(21)14-19/h5-6,8-9,11-12,14,18,20,23-25,33H,3-4,7,10,13,15-17,28H2,1-2H3,(H,29,34)/t23?,24-,25?/m1/s1. The molecule has 1 heterocycles. The molecule has 0 aliphatic carbocycles. The Kier molecular flexibility index (Phi) is 9.63. The first kappa shape index (κ1) is 26.6. The van der Waals surface area contributed by atoms with Gasteiger partial charge in [-0.3, -0.25) is 14.4 Å². The second-order valence-electron chi connectivity index (χ2n) is 9.26. The van der Waals surface area contributed by atoms with Crippen molar-refractivity contribution in [3.05, 3.63) is 48.0 Å². The number of hydrogen-bond acceptors (Lipinski definition) is 5. The van der Waals surface area contributed by atoms with Gasteiger partial charge in [0.25, 0.3) is 0 Å². The summed E-state index contributed by atoms with van der Waals surface area (Å²) in [6, 6.07) is 13.1. The maximum Gasteiger partial charge on any atom is 0.243 e. The number of nitrogens with zero attached hydrogens (tertiary/aromatic N) is 2. The highest BCUT2D eigenvalue weighted by Crippen LogP contribution is 2.27. The van der Waals surface area contributed by atoms with Crippen molar-refractivity contribution in [2.45, 2.75) is 64.3 Å². The van der Waals surface area contributed by atoms with E-state index in [1.54, 1.807) is 4.90 Å². The Hall–Kier alpha value is -2.97. The van der Waals surface area contributed by atoms with Crippen LogP contribution in [0.1, 0.15) is 45.1 Å². The fourth-order valence-corrected chi connectivity index (χ4v) is 4.88. The van der Waals surface area contributed by atoms with Crippen molar-refractivity contribution in [3.63, 3.8) is 0 Å². The lowest BCUT2D eigenvalue weighted by atomic mass is 9.99. The quantitative estimate of drug-likeness (QED) is 0.400. The van der Waals surface area contributed by atoms with Gasteiger partial charge in [-0.15, -0.1) is 0 Å². The Bertz CT molecular complexity index is 1010. The Balaban J connectivity index is 1.91. The maximum absolute atomic E-state index is 13.3. The molecule has 8 nitrogen and oxygen atoms in total. The fourth-order valence-electron chi connectivity index (χ4n) is 4.88. The van der Waals surface area contributed by atoms with Crippen LogP contribution in [-0.2, 0) is 20.8 Å². The van der Waals surface area contributed by atoms with Gasteiger partial charge in [0.05, 0.1) is 6.10 Å². The summed E-state index contributed by atoms with van der Waals surface area (Å²) < 4.78 is 0. The summed E-state index contributed by atoms with van der Waals surface area (Å²) in [5.74, 6) is -0.441. The van der Waals surface area contributed by atoms with E-state index in [4.69, 9.17) is 5.73 Å². The van der Waals surface area contributed by atoms with Gasteiger partial charge in [0, 0.05) is 32.0 Å². The van der Waals surface area contributed by atoms with Crippen LogP contribution in [0, 0.1) is 5.92 Å². The average Bonchev–Trinajstić information content (AvgIpc) is 3.37. The number of aliphatic hydroxyl groups excluding tert-OH is 1. The van der Waals surface area contributed by atoms with E-state index in [0.29, 0.717) is 19.4 Å². The van der Waals surface area contributed by atoms with E-state index in [2.05, 4.69) is 5.32 Å². The van der Waals surface area contributed by atoms with Gasteiger partial charge in [-0.2, -0.15) is 0 Å². The van der Waals surface area contributed by atoms with Crippen LogP contribution in [-0.4, -0.2) is 71.1 Å².